The number of thioether (sulfide) groups is 1. The van der Waals surface area contributed by atoms with Gasteiger partial charge in [-0.1, -0.05) is 66.4 Å². The van der Waals surface area contributed by atoms with Gasteiger partial charge >= 0.3 is 0 Å². The Morgan fingerprint density at radius 1 is 0.889 bits per heavy atom. The average molecular weight is 415 g/mol. The fraction of sp³-hybridized carbons (Fsp3) is 0.0526. The molecule has 1 saturated heterocycles. The lowest BCUT2D eigenvalue weighted by atomic mass is 10.1. The van der Waals surface area contributed by atoms with Crippen LogP contribution in [-0.2, 0) is 14.8 Å². The fourth-order valence-corrected chi connectivity index (χ4v) is 6.01. The summed E-state index contributed by atoms with van der Waals surface area (Å²) >= 11 is 2.25. The van der Waals surface area contributed by atoms with Gasteiger partial charge in [0, 0.05) is 0 Å². The predicted molar refractivity (Wildman–Crippen MR) is 110 cm³/mol. The summed E-state index contributed by atoms with van der Waals surface area (Å²) in [7, 11) is -3.88. The Morgan fingerprint density at radius 3 is 2.19 bits per heavy atom. The SMILES string of the molecule is O=C1C(c2ccccc2)S/C(=N/S(=O)(=O)c2cccs2)N1c1ccccc1. The molecule has 8 heteroatoms. The number of para-hydroxylation sites is 1. The first-order valence-electron chi connectivity index (χ1n) is 8.05. The van der Waals surface area contributed by atoms with E-state index < -0.39 is 15.3 Å². The lowest BCUT2D eigenvalue weighted by molar-refractivity contribution is -0.117. The molecule has 4 rings (SSSR count). The van der Waals surface area contributed by atoms with Crippen LogP contribution in [0.2, 0.25) is 0 Å². The maximum atomic E-state index is 13.1. The van der Waals surface area contributed by atoms with E-state index in [2.05, 4.69) is 4.40 Å². The maximum Gasteiger partial charge on any atom is 0.294 e. The van der Waals surface area contributed by atoms with Gasteiger partial charge in [-0.15, -0.1) is 15.7 Å². The summed E-state index contributed by atoms with van der Waals surface area (Å²) in [4.78, 5) is 14.5. The van der Waals surface area contributed by atoms with Crippen LogP contribution in [0.3, 0.4) is 0 Å². The van der Waals surface area contributed by atoms with E-state index in [-0.39, 0.29) is 15.3 Å². The van der Waals surface area contributed by atoms with Gasteiger partial charge in [0.25, 0.3) is 15.9 Å². The van der Waals surface area contributed by atoms with Crippen LogP contribution in [0.5, 0.6) is 0 Å². The molecule has 1 atom stereocenters. The number of benzene rings is 2. The van der Waals surface area contributed by atoms with Crippen LogP contribution in [-0.4, -0.2) is 19.5 Å². The van der Waals surface area contributed by atoms with Gasteiger partial charge in [-0.2, -0.15) is 8.42 Å². The smallest absolute Gasteiger partial charge is 0.272 e. The number of nitrogens with zero attached hydrogens (tertiary/aromatic N) is 2. The van der Waals surface area contributed by atoms with Gasteiger partial charge in [0.2, 0.25) is 0 Å². The van der Waals surface area contributed by atoms with Crippen molar-refractivity contribution in [1.29, 1.82) is 0 Å². The van der Waals surface area contributed by atoms with Crippen molar-refractivity contribution < 1.29 is 13.2 Å². The number of hydrogen-bond acceptors (Lipinski definition) is 5. The van der Waals surface area contributed by atoms with Crippen LogP contribution in [0.15, 0.2) is 86.8 Å². The van der Waals surface area contributed by atoms with Gasteiger partial charge in [0.05, 0.1) is 5.69 Å². The molecule has 2 aromatic carbocycles. The van der Waals surface area contributed by atoms with Crippen LogP contribution in [0.25, 0.3) is 0 Å². The highest BCUT2D eigenvalue weighted by atomic mass is 32.2. The second-order valence-electron chi connectivity index (χ2n) is 5.70. The number of carbonyl (C=O) groups excluding carboxylic acids is 1. The summed E-state index contributed by atoms with van der Waals surface area (Å²) in [5.74, 6) is -0.211. The Morgan fingerprint density at radius 2 is 1.56 bits per heavy atom. The minimum Gasteiger partial charge on any atom is -0.272 e. The van der Waals surface area contributed by atoms with Crippen molar-refractivity contribution in [2.75, 3.05) is 4.90 Å². The van der Waals surface area contributed by atoms with E-state index in [9.17, 15) is 13.2 Å². The number of thiophene rings is 1. The third-order valence-corrected chi connectivity index (χ3v) is 7.87. The first-order chi connectivity index (χ1) is 13.1. The van der Waals surface area contributed by atoms with Gasteiger partial charge < -0.3 is 0 Å². The molecular weight excluding hydrogens is 400 g/mol. The standard InChI is InChI=1S/C19H14N2O3S3/c22-18-17(14-8-3-1-4-9-14)26-19(21(18)15-10-5-2-6-11-15)20-27(23,24)16-12-7-13-25-16/h1-13,17H/b20-19+. The van der Waals surface area contributed by atoms with E-state index in [0.29, 0.717) is 5.69 Å². The van der Waals surface area contributed by atoms with Crippen molar-refractivity contribution in [2.24, 2.45) is 4.40 Å². The van der Waals surface area contributed by atoms with Crippen molar-refractivity contribution in [1.82, 2.24) is 0 Å². The molecule has 0 saturated carbocycles. The van der Waals surface area contributed by atoms with E-state index in [4.69, 9.17) is 0 Å². The van der Waals surface area contributed by atoms with Crippen LogP contribution < -0.4 is 4.90 Å². The monoisotopic (exact) mass is 414 g/mol. The zero-order valence-corrected chi connectivity index (χ0v) is 16.4. The molecule has 1 fully saturated rings. The molecule has 0 bridgehead atoms. The molecule has 5 nitrogen and oxygen atoms in total. The number of hydrogen-bond donors (Lipinski definition) is 0. The maximum absolute atomic E-state index is 13.1. The number of carbonyl (C=O) groups is 1. The first-order valence-corrected chi connectivity index (χ1v) is 11.3. The van der Waals surface area contributed by atoms with Crippen molar-refractivity contribution in [2.45, 2.75) is 9.46 Å². The Labute approximate surface area is 165 Å². The van der Waals surface area contributed by atoms with Crippen molar-refractivity contribution in [3.63, 3.8) is 0 Å². The number of sulfonamides is 1. The van der Waals surface area contributed by atoms with Gasteiger partial charge in [-0.05, 0) is 29.1 Å². The molecule has 0 spiro atoms. The number of amidine groups is 1. The zero-order chi connectivity index (χ0) is 18.9. The Hall–Kier alpha value is -2.42. The molecule has 1 aromatic heterocycles. The number of rotatable bonds is 4. The van der Waals surface area contributed by atoms with Crippen LogP contribution in [0.1, 0.15) is 10.8 Å². The molecule has 1 unspecified atom stereocenters. The van der Waals surface area contributed by atoms with E-state index in [1.807, 2.05) is 36.4 Å². The Kier molecular flexibility index (Phi) is 4.86. The van der Waals surface area contributed by atoms with Crippen LogP contribution in [0, 0.1) is 0 Å². The first kappa shape index (κ1) is 18.0. The lowest BCUT2D eigenvalue weighted by Crippen LogP contribution is -2.30. The summed E-state index contributed by atoms with van der Waals surface area (Å²) in [6.07, 6.45) is 0. The largest absolute Gasteiger partial charge is 0.294 e. The van der Waals surface area contributed by atoms with E-state index in [1.54, 1.807) is 35.7 Å². The third kappa shape index (κ3) is 3.55. The second-order valence-corrected chi connectivity index (χ2v) is 9.55. The van der Waals surface area contributed by atoms with Gasteiger partial charge in [-0.25, -0.2) is 0 Å². The molecule has 2 heterocycles. The van der Waals surface area contributed by atoms with Crippen LogP contribution in [0.4, 0.5) is 5.69 Å². The summed E-state index contributed by atoms with van der Waals surface area (Å²) in [6, 6.07) is 21.4. The highest BCUT2D eigenvalue weighted by Crippen LogP contribution is 2.42. The molecule has 136 valence electrons. The van der Waals surface area contributed by atoms with Crippen molar-refractivity contribution in [3.05, 3.63) is 83.7 Å². The molecule has 0 aliphatic carbocycles. The molecule has 1 aliphatic heterocycles. The fourth-order valence-electron chi connectivity index (χ4n) is 2.69. The summed E-state index contributed by atoms with van der Waals surface area (Å²) in [5, 5.41) is 1.30. The topological polar surface area (TPSA) is 66.8 Å². The van der Waals surface area contributed by atoms with E-state index in [0.717, 1.165) is 28.7 Å². The Bertz CT molecular complexity index is 1080. The molecule has 3 aromatic rings. The highest BCUT2D eigenvalue weighted by molar-refractivity contribution is 8.16. The average Bonchev–Trinajstić information content (AvgIpc) is 3.32. The number of anilines is 1. The molecule has 0 radical (unpaired) electrons. The molecule has 1 amide bonds. The molecule has 0 N–H and O–H groups in total. The third-order valence-electron chi connectivity index (χ3n) is 3.92. The summed E-state index contributed by atoms with van der Waals surface area (Å²) in [6.45, 7) is 0. The molecule has 1 aliphatic rings. The normalized spacial score (nSPS) is 19.0. The van der Waals surface area contributed by atoms with E-state index >= 15 is 0 Å². The van der Waals surface area contributed by atoms with Gasteiger partial charge in [0.1, 0.15) is 9.46 Å². The Balaban J connectivity index is 1.80. The van der Waals surface area contributed by atoms with Gasteiger partial charge in [0.15, 0.2) is 5.17 Å². The minimum absolute atomic E-state index is 0.152. The summed E-state index contributed by atoms with van der Waals surface area (Å²) < 4.78 is 29.4. The zero-order valence-electron chi connectivity index (χ0n) is 13.9. The summed E-state index contributed by atoms with van der Waals surface area (Å²) in [5.41, 5.74) is 1.40. The van der Waals surface area contributed by atoms with Crippen molar-refractivity contribution in [3.8, 4) is 0 Å². The number of amides is 1. The van der Waals surface area contributed by atoms with Crippen LogP contribution >= 0.6 is 23.1 Å². The molecular formula is C19H14N2O3S3. The quantitative estimate of drug-likeness (QED) is 0.638. The van der Waals surface area contributed by atoms with E-state index in [1.165, 1.54) is 11.0 Å². The minimum atomic E-state index is -3.88. The second kappa shape index (κ2) is 7.30. The van der Waals surface area contributed by atoms with Gasteiger partial charge in [-0.3, -0.25) is 9.69 Å². The predicted octanol–water partition coefficient (Wildman–Crippen LogP) is 4.31. The molecule has 27 heavy (non-hydrogen) atoms. The lowest BCUT2D eigenvalue weighted by Gasteiger charge is -2.16. The van der Waals surface area contributed by atoms with Crippen molar-refractivity contribution >= 4 is 49.9 Å². The highest BCUT2D eigenvalue weighted by Gasteiger charge is 2.41.